The fraction of sp³-hybridized carbons (Fsp3) is 0.421. The summed E-state index contributed by atoms with van der Waals surface area (Å²) in [6.07, 6.45) is 2.33. The number of amides is 4. The molecule has 1 aliphatic carbocycles. The molecule has 2 heterocycles. The van der Waals surface area contributed by atoms with Crippen LogP contribution in [0.5, 0.6) is 0 Å². The molecule has 252 valence electrons. The third-order valence-electron chi connectivity index (χ3n) is 9.84. The lowest BCUT2D eigenvalue weighted by molar-refractivity contribution is -0.161. The standard InChI is InChI=1S/C38H44N4O6/c1-2-22-42-34(43)33(18-10-11-21-39-36(45)47-25-27-12-4-3-5-13-27)40-35(44)38(42)19-23-41(24-20-38)37(46)48-26-32-30-16-8-6-14-28(30)29-15-7-9-17-31(29)32/h3-9,12-17,32-33H,2,10-11,18-26H2,1H3,(H,39,45)(H,40,44)/t33-/m0/s1. The van der Waals surface area contributed by atoms with Gasteiger partial charge in [0, 0.05) is 32.1 Å². The van der Waals surface area contributed by atoms with Gasteiger partial charge in [-0.3, -0.25) is 9.59 Å². The molecule has 3 aliphatic rings. The van der Waals surface area contributed by atoms with Gasteiger partial charge in [0.05, 0.1) is 0 Å². The van der Waals surface area contributed by atoms with Crippen LogP contribution in [0.25, 0.3) is 11.1 Å². The van der Waals surface area contributed by atoms with Gasteiger partial charge in [-0.2, -0.15) is 0 Å². The number of likely N-dealkylation sites (tertiary alicyclic amines) is 1. The maximum atomic E-state index is 13.7. The van der Waals surface area contributed by atoms with Gasteiger partial charge in [0.1, 0.15) is 24.8 Å². The molecule has 2 N–H and O–H groups in total. The van der Waals surface area contributed by atoms with Crippen LogP contribution in [-0.2, 0) is 25.7 Å². The predicted molar refractivity (Wildman–Crippen MR) is 181 cm³/mol. The number of fused-ring (bicyclic) bond motifs is 3. The van der Waals surface area contributed by atoms with Crippen molar-refractivity contribution < 1.29 is 28.7 Å². The highest BCUT2D eigenvalue weighted by molar-refractivity contribution is 6.00. The van der Waals surface area contributed by atoms with Crippen molar-refractivity contribution in [2.75, 3.05) is 32.8 Å². The van der Waals surface area contributed by atoms with Crippen LogP contribution in [0.15, 0.2) is 78.9 Å². The minimum atomic E-state index is -0.978. The van der Waals surface area contributed by atoms with Crippen LogP contribution >= 0.6 is 0 Å². The number of carbonyl (C=O) groups excluding carboxylic acids is 4. The second-order valence-electron chi connectivity index (χ2n) is 12.8. The van der Waals surface area contributed by atoms with Crippen molar-refractivity contribution in [1.82, 2.24) is 20.4 Å². The predicted octanol–water partition coefficient (Wildman–Crippen LogP) is 5.60. The van der Waals surface area contributed by atoms with Crippen molar-refractivity contribution in [3.05, 3.63) is 95.6 Å². The van der Waals surface area contributed by atoms with E-state index in [1.165, 1.54) is 11.1 Å². The van der Waals surface area contributed by atoms with E-state index in [4.69, 9.17) is 9.47 Å². The number of nitrogens with one attached hydrogen (secondary N) is 2. The molecule has 0 unspecified atom stereocenters. The minimum absolute atomic E-state index is 0.0274. The van der Waals surface area contributed by atoms with E-state index in [0.29, 0.717) is 58.3 Å². The Morgan fingerprint density at radius 2 is 1.52 bits per heavy atom. The van der Waals surface area contributed by atoms with E-state index in [1.54, 1.807) is 9.80 Å². The van der Waals surface area contributed by atoms with Gasteiger partial charge in [-0.25, -0.2) is 9.59 Å². The Morgan fingerprint density at radius 3 is 2.19 bits per heavy atom. The van der Waals surface area contributed by atoms with Crippen molar-refractivity contribution in [2.24, 2.45) is 0 Å². The number of hydrogen-bond acceptors (Lipinski definition) is 6. The van der Waals surface area contributed by atoms with Crippen LogP contribution in [0.3, 0.4) is 0 Å². The number of piperazine rings is 1. The van der Waals surface area contributed by atoms with Gasteiger partial charge in [0.15, 0.2) is 0 Å². The summed E-state index contributed by atoms with van der Waals surface area (Å²) in [5, 5.41) is 5.75. The van der Waals surface area contributed by atoms with Crippen LogP contribution in [-0.4, -0.2) is 78.2 Å². The zero-order valence-electron chi connectivity index (χ0n) is 27.5. The molecular weight excluding hydrogens is 608 g/mol. The summed E-state index contributed by atoms with van der Waals surface area (Å²) in [6, 6.07) is 25.3. The van der Waals surface area contributed by atoms with Gasteiger partial charge in [-0.1, -0.05) is 85.8 Å². The van der Waals surface area contributed by atoms with Crippen LogP contribution in [0.1, 0.15) is 68.1 Å². The van der Waals surface area contributed by atoms with Crippen molar-refractivity contribution in [2.45, 2.75) is 69.6 Å². The molecule has 2 aliphatic heterocycles. The number of nitrogens with zero attached hydrogens (tertiary/aromatic N) is 2. The smallest absolute Gasteiger partial charge is 0.409 e. The highest BCUT2D eigenvalue weighted by Gasteiger charge is 2.53. The number of ether oxygens (including phenoxy) is 2. The number of hydrogen-bond donors (Lipinski definition) is 2. The molecule has 6 rings (SSSR count). The summed E-state index contributed by atoms with van der Waals surface area (Å²) in [5.74, 6) is -0.267. The SMILES string of the molecule is CCCN1C(=O)[C@H](CCCCNC(=O)OCc2ccccc2)NC(=O)C12CCN(C(=O)OCC1c3ccccc3-c3ccccc31)CC2. The summed E-state index contributed by atoms with van der Waals surface area (Å²) in [7, 11) is 0. The summed E-state index contributed by atoms with van der Waals surface area (Å²) in [4.78, 5) is 56.1. The van der Waals surface area contributed by atoms with E-state index in [0.717, 1.165) is 23.1 Å². The Kier molecular flexibility index (Phi) is 10.3. The first-order chi connectivity index (χ1) is 23.4. The summed E-state index contributed by atoms with van der Waals surface area (Å²) in [5.41, 5.74) is 4.59. The zero-order chi connectivity index (χ0) is 33.5. The average molecular weight is 653 g/mol. The van der Waals surface area contributed by atoms with Gasteiger partial charge in [0.2, 0.25) is 11.8 Å². The van der Waals surface area contributed by atoms with Gasteiger partial charge in [0.25, 0.3) is 0 Å². The molecule has 0 radical (unpaired) electrons. The Hall–Kier alpha value is -4.86. The van der Waals surface area contributed by atoms with E-state index >= 15 is 0 Å². The van der Waals surface area contributed by atoms with Crippen LogP contribution in [0.4, 0.5) is 9.59 Å². The Balaban J connectivity index is 0.975. The number of benzene rings is 3. The Labute approximate surface area is 281 Å². The molecule has 48 heavy (non-hydrogen) atoms. The molecule has 0 saturated carbocycles. The normalized spacial score (nSPS) is 18.2. The van der Waals surface area contributed by atoms with Gasteiger partial charge in [-0.05, 0) is 66.3 Å². The lowest BCUT2D eigenvalue weighted by atomic mass is 9.81. The number of rotatable bonds is 11. The van der Waals surface area contributed by atoms with E-state index in [1.807, 2.05) is 61.5 Å². The average Bonchev–Trinajstić information content (AvgIpc) is 3.44. The lowest BCUT2D eigenvalue weighted by Crippen LogP contribution is -2.73. The number of unbranched alkanes of at least 4 members (excludes halogenated alkanes) is 1. The molecule has 1 spiro atoms. The second-order valence-corrected chi connectivity index (χ2v) is 12.8. The highest BCUT2D eigenvalue weighted by atomic mass is 16.6. The first kappa shape index (κ1) is 33.1. The van der Waals surface area contributed by atoms with Crippen molar-refractivity contribution in [3.8, 4) is 11.1 Å². The molecule has 4 amide bonds. The van der Waals surface area contributed by atoms with Crippen LogP contribution < -0.4 is 10.6 Å². The fourth-order valence-corrected chi connectivity index (χ4v) is 7.30. The number of carbonyl (C=O) groups is 4. The van der Waals surface area contributed by atoms with Crippen LogP contribution in [0.2, 0.25) is 0 Å². The molecule has 3 aromatic rings. The molecule has 10 nitrogen and oxygen atoms in total. The maximum absolute atomic E-state index is 13.7. The number of alkyl carbamates (subject to hydrolysis) is 1. The summed E-state index contributed by atoms with van der Waals surface area (Å²) >= 11 is 0. The molecule has 2 saturated heterocycles. The van der Waals surface area contributed by atoms with Crippen molar-refractivity contribution in [1.29, 1.82) is 0 Å². The van der Waals surface area contributed by atoms with Crippen LogP contribution in [0, 0.1) is 0 Å². The lowest BCUT2D eigenvalue weighted by Gasteiger charge is -2.51. The van der Waals surface area contributed by atoms with Crippen molar-refractivity contribution >= 4 is 24.0 Å². The van der Waals surface area contributed by atoms with Gasteiger partial charge >= 0.3 is 12.2 Å². The maximum Gasteiger partial charge on any atom is 0.409 e. The summed E-state index contributed by atoms with van der Waals surface area (Å²) < 4.78 is 11.1. The third kappa shape index (κ3) is 6.88. The fourth-order valence-electron chi connectivity index (χ4n) is 7.30. The Morgan fingerprint density at radius 1 is 0.875 bits per heavy atom. The zero-order valence-corrected chi connectivity index (χ0v) is 27.5. The molecule has 10 heteroatoms. The van der Waals surface area contributed by atoms with E-state index < -0.39 is 23.8 Å². The topological polar surface area (TPSA) is 117 Å². The van der Waals surface area contributed by atoms with E-state index in [9.17, 15) is 19.2 Å². The molecule has 0 bridgehead atoms. The third-order valence-corrected chi connectivity index (χ3v) is 9.84. The van der Waals surface area contributed by atoms with E-state index in [2.05, 4.69) is 34.9 Å². The highest BCUT2D eigenvalue weighted by Crippen LogP contribution is 2.44. The minimum Gasteiger partial charge on any atom is -0.448 e. The quantitative estimate of drug-likeness (QED) is 0.261. The molecular formula is C38H44N4O6. The molecule has 2 fully saturated rings. The monoisotopic (exact) mass is 652 g/mol. The largest absolute Gasteiger partial charge is 0.448 e. The number of piperidine rings is 1. The van der Waals surface area contributed by atoms with Gasteiger partial charge in [-0.15, -0.1) is 0 Å². The molecule has 1 atom stereocenters. The van der Waals surface area contributed by atoms with E-state index in [-0.39, 0.29) is 30.9 Å². The molecule has 3 aromatic carbocycles. The van der Waals surface area contributed by atoms with Gasteiger partial charge < -0.3 is 29.9 Å². The Bertz CT molecular complexity index is 1570. The first-order valence-electron chi connectivity index (χ1n) is 17.1. The molecule has 0 aromatic heterocycles. The van der Waals surface area contributed by atoms with Crippen molar-refractivity contribution in [3.63, 3.8) is 0 Å². The summed E-state index contributed by atoms with van der Waals surface area (Å²) in [6.45, 7) is 3.98. The first-order valence-corrected chi connectivity index (χ1v) is 17.1. The second kappa shape index (κ2) is 14.9.